The van der Waals surface area contributed by atoms with E-state index in [1.165, 1.54) is 128 Å². The zero-order chi connectivity index (χ0) is 35.4. The fraction of sp³-hybridized carbons (Fsp3) is 0.933. The molecule has 0 spiro atoms. The molecule has 0 aromatic heterocycles. The largest absolute Gasteiger partial charge is 0.459 e. The second-order valence-electron chi connectivity index (χ2n) is 18.6. The van der Waals surface area contributed by atoms with Gasteiger partial charge in [0.25, 0.3) is 0 Å². The van der Waals surface area contributed by atoms with Gasteiger partial charge in [0.15, 0.2) is 6.10 Å². The molecule has 4 aliphatic carbocycles. The Labute approximate surface area is 303 Å². The summed E-state index contributed by atoms with van der Waals surface area (Å²) in [5.41, 5.74) is 1.48. The van der Waals surface area contributed by atoms with Gasteiger partial charge in [-0.1, -0.05) is 162 Å². The number of carbonyl (C=O) groups excluding carboxylic acids is 1. The maximum atomic E-state index is 13.4. The maximum absolute atomic E-state index is 13.4. The van der Waals surface area contributed by atoms with Crippen molar-refractivity contribution in [1.29, 1.82) is 0 Å². The minimum Gasteiger partial charge on any atom is -0.459 e. The van der Waals surface area contributed by atoms with Crippen LogP contribution >= 0.6 is 0 Å². The van der Waals surface area contributed by atoms with Crippen LogP contribution < -0.4 is 0 Å². The first-order chi connectivity index (χ1) is 23.5. The first-order valence-corrected chi connectivity index (χ1v) is 21.8. The lowest BCUT2D eigenvalue weighted by molar-refractivity contribution is -0.178. The summed E-state index contributed by atoms with van der Waals surface area (Å²) in [6, 6.07) is 0. The van der Waals surface area contributed by atoms with E-state index in [4.69, 9.17) is 4.74 Å². The summed E-state index contributed by atoms with van der Waals surface area (Å²) >= 11 is 0. The summed E-state index contributed by atoms with van der Waals surface area (Å²) in [7, 11) is 0. The van der Waals surface area contributed by atoms with Gasteiger partial charge in [0.1, 0.15) is 6.10 Å². The number of unbranched alkanes of at least 4 members (excludes halogenated alkanes) is 13. The molecule has 4 aliphatic rings. The van der Waals surface area contributed by atoms with Gasteiger partial charge in [0, 0.05) is 11.8 Å². The molecule has 2 unspecified atom stereocenters. The van der Waals surface area contributed by atoms with Crippen LogP contribution in [0.2, 0.25) is 0 Å². The zero-order valence-corrected chi connectivity index (χ0v) is 33.2. The Morgan fingerprint density at radius 2 is 1.43 bits per heavy atom. The third kappa shape index (κ3) is 10.6. The third-order valence-electron chi connectivity index (χ3n) is 14.7. The highest BCUT2D eigenvalue weighted by atomic mass is 16.6. The molecule has 0 bridgehead atoms. The zero-order valence-electron chi connectivity index (χ0n) is 33.2. The van der Waals surface area contributed by atoms with Crippen LogP contribution in [-0.2, 0) is 9.53 Å². The number of aliphatic hydroxyl groups excluding tert-OH is 2. The van der Waals surface area contributed by atoms with Crippen LogP contribution in [0.25, 0.3) is 0 Å². The lowest BCUT2D eigenvalue weighted by Crippen LogP contribution is -2.57. The summed E-state index contributed by atoms with van der Waals surface area (Å²) in [5, 5.41) is 21.8. The fourth-order valence-corrected chi connectivity index (χ4v) is 11.7. The maximum Gasteiger partial charge on any atom is 0.335 e. The molecule has 0 amide bonds. The van der Waals surface area contributed by atoms with Gasteiger partial charge in [-0.3, -0.25) is 0 Å². The molecular weight excluding hydrogens is 604 g/mol. The van der Waals surface area contributed by atoms with Crippen molar-refractivity contribution in [2.45, 2.75) is 220 Å². The van der Waals surface area contributed by atoms with E-state index in [1.54, 1.807) is 0 Å². The molecule has 10 atom stereocenters. The van der Waals surface area contributed by atoms with Gasteiger partial charge in [-0.25, -0.2) is 4.79 Å². The molecule has 0 saturated heterocycles. The van der Waals surface area contributed by atoms with Gasteiger partial charge >= 0.3 is 5.97 Å². The number of esters is 1. The molecule has 3 fully saturated rings. The van der Waals surface area contributed by atoms with Crippen molar-refractivity contribution in [3.05, 3.63) is 11.6 Å². The number of hydrogen-bond acceptors (Lipinski definition) is 4. The second-order valence-corrected chi connectivity index (χ2v) is 18.6. The summed E-state index contributed by atoms with van der Waals surface area (Å²) in [4.78, 5) is 13.4. The number of aliphatic hydroxyl groups is 2. The van der Waals surface area contributed by atoms with Gasteiger partial charge in [0.05, 0.1) is 6.10 Å². The average Bonchev–Trinajstić information content (AvgIpc) is 3.42. The Balaban J connectivity index is 1.23. The van der Waals surface area contributed by atoms with Crippen molar-refractivity contribution >= 4 is 5.97 Å². The topological polar surface area (TPSA) is 66.8 Å². The molecule has 0 aromatic carbocycles. The van der Waals surface area contributed by atoms with Gasteiger partial charge < -0.3 is 14.9 Å². The van der Waals surface area contributed by atoms with Crippen LogP contribution in [0.5, 0.6) is 0 Å². The lowest BCUT2D eigenvalue weighted by Gasteiger charge is -2.60. The number of hydrogen-bond donors (Lipinski definition) is 2. The smallest absolute Gasteiger partial charge is 0.335 e. The van der Waals surface area contributed by atoms with Gasteiger partial charge in [0.2, 0.25) is 0 Å². The molecule has 0 radical (unpaired) electrons. The fourth-order valence-electron chi connectivity index (χ4n) is 11.7. The molecule has 4 heteroatoms. The molecule has 4 nitrogen and oxygen atoms in total. The molecule has 2 N–H and O–H groups in total. The molecule has 4 rings (SSSR count). The minimum absolute atomic E-state index is 0.241. The van der Waals surface area contributed by atoms with Crippen molar-refractivity contribution in [3.8, 4) is 0 Å². The average molecular weight is 685 g/mol. The van der Waals surface area contributed by atoms with Crippen LogP contribution in [0.4, 0.5) is 0 Å². The van der Waals surface area contributed by atoms with E-state index in [1.807, 2.05) is 0 Å². The monoisotopic (exact) mass is 685 g/mol. The van der Waals surface area contributed by atoms with Crippen molar-refractivity contribution in [3.63, 3.8) is 0 Å². The van der Waals surface area contributed by atoms with Crippen LogP contribution in [0, 0.1) is 46.3 Å². The Morgan fingerprint density at radius 1 is 0.816 bits per heavy atom. The predicted octanol–water partition coefficient (Wildman–Crippen LogP) is 12.1. The van der Waals surface area contributed by atoms with Crippen molar-refractivity contribution in [1.82, 2.24) is 0 Å². The summed E-state index contributed by atoms with van der Waals surface area (Å²) in [6.45, 7) is 14.5. The molecule has 0 heterocycles. The standard InChI is InChI=1S/C45H80O4/c1-7-8-9-10-11-12-13-14-15-16-17-18-19-20-24-41(47)43(48)49-42-32-36(46)31-35-25-26-37-39-28-27-38(34(4)23-21-22-33(2)3)44(39,5)30-29-40(37)45(35,42)6/h25,33-34,36-42,46-47H,7-24,26-32H2,1-6H3/t34-,36+,37+,38-,39+,40+,41?,42?,44-,45+/m1/s1. The summed E-state index contributed by atoms with van der Waals surface area (Å²) in [5.74, 6) is 3.76. The quantitative estimate of drug-likeness (QED) is 0.0676. The minimum atomic E-state index is -1.06. The molecule has 49 heavy (non-hydrogen) atoms. The van der Waals surface area contributed by atoms with Crippen LogP contribution in [0.1, 0.15) is 202 Å². The molecular formula is C45H80O4. The van der Waals surface area contributed by atoms with E-state index < -0.39 is 18.2 Å². The van der Waals surface area contributed by atoms with E-state index in [2.05, 4.69) is 47.6 Å². The Hall–Kier alpha value is -0.870. The van der Waals surface area contributed by atoms with E-state index in [9.17, 15) is 15.0 Å². The van der Waals surface area contributed by atoms with Crippen molar-refractivity contribution in [2.24, 2.45) is 46.3 Å². The van der Waals surface area contributed by atoms with E-state index >= 15 is 0 Å². The van der Waals surface area contributed by atoms with Crippen molar-refractivity contribution < 1.29 is 19.7 Å². The number of ether oxygens (including phenoxy) is 1. The first-order valence-electron chi connectivity index (χ1n) is 21.8. The van der Waals surface area contributed by atoms with Gasteiger partial charge in [-0.2, -0.15) is 0 Å². The molecule has 0 aliphatic heterocycles. The van der Waals surface area contributed by atoms with Crippen LogP contribution in [0.15, 0.2) is 11.6 Å². The number of carbonyl (C=O) groups is 1. The highest BCUT2D eigenvalue weighted by Crippen LogP contribution is 2.67. The lowest BCUT2D eigenvalue weighted by atomic mass is 9.46. The number of rotatable bonds is 22. The summed E-state index contributed by atoms with van der Waals surface area (Å²) < 4.78 is 6.28. The molecule has 0 aromatic rings. The van der Waals surface area contributed by atoms with Crippen LogP contribution in [-0.4, -0.2) is 34.5 Å². The Morgan fingerprint density at radius 3 is 2.04 bits per heavy atom. The molecule has 284 valence electrons. The first kappa shape index (κ1) is 40.9. The van der Waals surface area contributed by atoms with E-state index in [0.717, 1.165) is 42.9 Å². The number of fused-ring (bicyclic) bond motifs is 5. The SMILES string of the molecule is CCCCCCCCCCCCCCCCC(O)C(=O)OC1C[C@@H](O)CC2=CC[C@H]3[C@@H]4CC[C@H]([C@H](C)CCCC(C)C)[C@@]4(C)CC[C@@H]3[C@]21C. The highest BCUT2D eigenvalue weighted by molar-refractivity contribution is 5.74. The molecule has 3 saturated carbocycles. The van der Waals surface area contributed by atoms with Crippen LogP contribution in [0.3, 0.4) is 0 Å². The third-order valence-corrected chi connectivity index (χ3v) is 14.7. The van der Waals surface area contributed by atoms with E-state index in [-0.39, 0.29) is 11.5 Å². The van der Waals surface area contributed by atoms with Gasteiger partial charge in [-0.15, -0.1) is 0 Å². The highest BCUT2D eigenvalue weighted by Gasteiger charge is 2.61. The van der Waals surface area contributed by atoms with Crippen molar-refractivity contribution in [2.75, 3.05) is 0 Å². The van der Waals surface area contributed by atoms with E-state index in [0.29, 0.717) is 36.5 Å². The normalized spacial score (nSPS) is 33.8. The van der Waals surface area contributed by atoms with Gasteiger partial charge in [-0.05, 0) is 85.9 Å². The second kappa shape index (κ2) is 19.8. The number of allylic oxidation sites excluding steroid dienone is 1. The summed E-state index contributed by atoms with van der Waals surface area (Å²) in [6.07, 6.45) is 30.6. The Kier molecular flexibility index (Phi) is 16.5. The predicted molar refractivity (Wildman–Crippen MR) is 205 cm³/mol. The Bertz CT molecular complexity index is 1000.